The third-order valence-electron chi connectivity index (χ3n) is 5.80. The van der Waals surface area contributed by atoms with Crippen molar-refractivity contribution in [1.29, 1.82) is 0 Å². The first kappa shape index (κ1) is 16.6. The number of fused-ring (bicyclic) bond motifs is 5. The van der Waals surface area contributed by atoms with Gasteiger partial charge in [0.05, 0.1) is 0 Å². The zero-order valence-corrected chi connectivity index (χ0v) is 14.6. The van der Waals surface area contributed by atoms with Crippen molar-refractivity contribution in [2.45, 2.75) is 70.9 Å². The first-order valence-electron chi connectivity index (χ1n) is 9.10. The van der Waals surface area contributed by atoms with E-state index in [2.05, 4.69) is 10.6 Å². The summed E-state index contributed by atoms with van der Waals surface area (Å²) in [5.74, 6) is 3.40. The van der Waals surface area contributed by atoms with Crippen LogP contribution in [0.3, 0.4) is 0 Å². The van der Waals surface area contributed by atoms with Gasteiger partial charge in [-0.1, -0.05) is 6.42 Å². The second-order valence-corrected chi connectivity index (χ2v) is 8.51. The third kappa shape index (κ3) is 3.81. The highest BCUT2D eigenvalue weighted by Crippen LogP contribution is 2.58. The maximum absolute atomic E-state index is 12.1. The normalized spacial score (nSPS) is 35.0. The van der Waals surface area contributed by atoms with E-state index in [0.717, 1.165) is 24.2 Å². The second-order valence-electron chi connectivity index (χ2n) is 8.51. The van der Waals surface area contributed by atoms with Gasteiger partial charge < -0.3 is 15.4 Å². The lowest BCUT2D eigenvalue weighted by atomic mass is 9.79. The average Bonchev–Trinajstić information content (AvgIpc) is 3.07. The summed E-state index contributed by atoms with van der Waals surface area (Å²) in [7, 11) is 0. The summed E-state index contributed by atoms with van der Waals surface area (Å²) in [5, 5.41) is 5.86. The molecule has 0 aliphatic heterocycles. The van der Waals surface area contributed by atoms with Gasteiger partial charge in [0.2, 0.25) is 5.91 Å². The zero-order chi connectivity index (χ0) is 16.6. The Bertz CT molecular complexity index is 471. The van der Waals surface area contributed by atoms with Crippen LogP contribution in [0.2, 0.25) is 0 Å². The van der Waals surface area contributed by atoms with Crippen molar-refractivity contribution in [3.05, 3.63) is 0 Å². The fraction of sp³-hybridized carbons (Fsp3) is 0.889. The molecule has 3 aliphatic rings. The maximum Gasteiger partial charge on any atom is 0.407 e. The topological polar surface area (TPSA) is 67.4 Å². The van der Waals surface area contributed by atoms with Crippen LogP contribution in [0.4, 0.5) is 4.79 Å². The quantitative estimate of drug-likeness (QED) is 0.836. The molecular formula is C18H30N2O3. The first-order chi connectivity index (χ1) is 10.8. The third-order valence-corrected chi connectivity index (χ3v) is 5.80. The molecule has 0 spiro atoms. The lowest BCUT2D eigenvalue weighted by Gasteiger charge is -2.32. The minimum atomic E-state index is -0.507. The molecule has 5 atom stereocenters. The molecule has 3 aliphatic carbocycles. The molecule has 130 valence electrons. The van der Waals surface area contributed by atoms with Crippen LogP contribution in [0.15, 0.2) is 0 Å². The standard InChI is InChI=1S/C18H30N2O3/c1-18(2,3)23-17(22)19-8-7-16(21)20-15-10-11-9-14(15)13-6-4-5-12(11)13/h11-15H,4-10H2,1-3H3,(H,19,22)(H,20,21)/t11-,12+,13+,14+,15-/m1/s1. The highest BCUT2D eigenvalue weighted by atomic mass is 16.6. The molecule has 3 fully saturated rings. The second kappa shape index (κ2) is 6.33. The number of nitrogens with one attached hydrogen (secondary N) is 2. The van der Waals surface area contributed by atoms with E-state index in [0.29, 0.717) is 24.9 Å². The summed E-state index contributed by atoms with van der Waals surface area (Å²) in [6.07, 6.45) is 6.49. The maximum atomic E-state index is 12.1. The lowest BCUT2D eigenvalue weighted by molar-refractivity contribution is -0.122. The van der Waals surface area contributed by atoms with Gasteiger partial charge in [-0.3, -0.25) is 4.79 Å². The van der Waals surface area contributed by atoms with E-state index >= 15 is 0 Å². The predicted octanol–water partition coefficient (Wildman–Crippen LogP) is 2.84. The van der Waals surface area contributed by atoms with Crippen molar-refractivity contribution >= 4 is 12.0 Å². The largest absolute Gasteiger partial charge is 0.444 e. The number of hydrogen-bond acceptors (Lipinski definition) is 3. The number of amides is 2. The van der Waals surface area contributed by atoms with Crippen LogP contribution in [0, 0.1) is 23.7 Å². The number of alkyl carbamates (subject to hydrolysis) is 1. The minimum absolute atomic E-state index is 0.0492. The Kier molecular flexibility index (Phi) is 4.56. The van der Waals surface area contributed by atoms with Gasteiger partial charge in [0.15, 0.2) is 0 Å². The van der Waals surface area contributed by atoms with E-state index in [4.69, 9.17) is 4.74 Å². The van der Waals surface area contributed by atoms with Crippen molar-refractivity contribution in [3.8, 4) is 0 Å². The van der Waals surface area contributed by atoms with E-state index in [9.17, 15) is 9.59 Å². The molecule has 0 aromatic rings. The molecule has 2 amide bonds. The number of carbonyl (C=O) groups excluding carboxylic acids is 2. The summed E-state index contributed by atoms with van der Waals surface area (Å²) in [5.41, 5.74) is -0.507. The Hall–Kier alpha value is -1.26. The van der Waals surface area contributed by atoms with Crippen LogP contribution in [-0.2, 0) is 9.53 Å². The van der Waals surface area contributed by atoms with E-state index in [1.54, 1.807) is 0 Å². The molecule has 3 saturated carbocycles. The van der Waals surface area contributed by atoms with Crippen molar-refractivity contribution < 1.29 is 14.3 Å². The van der Waals surface area contributed by atoms with Gasteiger partial charge in [-0.15, -0.1) is 0 Å². The Morgan fingerprint density at radius 3 is 2.57 bits per heavy atom. The van der Waals surface area contributed by atoms with E-state index in [1.807, 2.05) is 20.8 Å². The van der Waals surface area contributed by atoms with Crippen LogP contribution < -0.4 is 10.6 Å². The summed E-state index contributed by atoms with van der Waals surface area (Å²) in [6, 6.07) is 0.369. The van der Waals surface area contributed by atoms with Gasteiger partial charge in [-0.05, 0) is 70.1 Å². The molecule has 3 rings (SSSR count). The van der Waals surface area contributed by atoms with Gasteiger partial charge in [-0.25, -0.2) is 4.79 Å². The SMILES string of the molecule is CC(C)(C)OC(=O)NCCC(=O)N[C@@H]1C[C@H]2C[C@H]1[C@H]1CCC[C@@H]21. The van der Waals surface area contributed by atoms with Gasteiger partial charge >= 0.3 is 6.09 Å². The highest BCUT2D eigenvalue weighted by molar-refractivity contribution is 5.77. The fourth-order valence-corrected chi connectivity index (χ4v) is 5.11. The summed E-state index contributed by atoms with van der Waals surface area (Å²) in [4.78, 5) is 23.7. The predicted molar refractivity (Wildman–Crippen MR) is 87.8 cm³/mol. The van der Waals surface area contributed by atoms with Gasteiger partial charge in [-0.2, -0.15) is 0 Å². The summed E-state index contributed by atoms with van der Waals surface area (Å²) >= 11 is 0. The molecule has 0 heterocycles. The lowest BCUT2D eigenvalue weighted by Crippen LogP contribution is -2.43. The summed E-state index contributed by atoms with van der Waals surface area (Å²) < 4.78 is 5.16. The highest BCUT2D eigenvalue weighted by Gasteiger charge is 2.53. The first-order valence-corrected chi connectivity index (χ1v) is 9.10. The Morgan fingerprint density at radius 2 is 1.83 bits per heavy atom. The Labute approximate surface area is 138 Å². The molecule has 0 unspecified atom stereocenters. The van der Waals surface area contributed by atoms with E-state index in [1.165, 1.54) is 25.7 Å². The molecular weight excluding hydrogens is 292 g/mol. The number of ether oxygens (including phenoxy) is 1. The monoisotopic (exact) mass is 322 g/mol. The number of rotatable bonds is 4. The molecule has 2 bridgehead atoms. The molecule has 5 nitrogen and oxygen atoms in total. The average molecular weight is 322 g/mol. The molecule has 0 saturated heterocycles. The minimum Gasteiger partial charge on any atom is -0.444 e. The Morgan fingerprint density at radius 1 is 1.09 bits per heavy atom. The van der Waals surface area contributed by atoms with Crippen molar-refractivity contribution in [3.63, 3.8) is 0 Å². The van der Waals surface area contributed by atoms with Gasteiger partial charge in [0.1, 0.15) is 5.60 Å². The Balaban J connectivity index is 1.37. The van der Waals surface area contributed by atoms with E-state index in [-0.39, 0.29) is 5.91 Å². The van der Waals surface area contributed by atoms with Crippen LogP contribution in [0.5, 0.6) is 0 Å². The van der Waals surface area contributed by atoms with Crippen molar-refractivity contribution in [2.75, 3.05) is 6.54 Å². The van der Waals surface area contributed by atoms with E-state index < -0.39 is 11.7 Å². The zero-order valence-electron chi connectivity index (χ0n) is 14.6. The number of hydrogen-bond donors (Lipinski definition) is 2. The van der Waals surface area contributed by atoms with Gasteiger partial charge in [0, 0.05) is 19.0 Å². The van der Waals surface area contributed by atoms with Crippen LogP contribution in [0.1, 0.15) is 59.3 Å². The number of carbonyl (C=O) groups is 2. The molecule has 0 aromatic carbocycles. The van der Waals surface area contributed by atoms with Crippen LogP contribution >= 0.6 is 0 Å². The van der Waals surface area contributed by atoms with Gasteiger partial charge in [0.25, 0.3) is 0 Å². The molecule has 23 heavy (non-hydrogen) atoms. The van der Waals surface area contributed by atoms with Crippen molar-refractivity contribution in [1.82, 2.24) is 10.6 Å². The fourth-order valence-electron chi connectivity index (χ4n) is 5.11. The smallest absolute Gasteiger partial charge is 0.407 e. The molecule has 0 aromatic heterocycles. The van der Waals surface area contributed by atoms with Crippen LogP contribution in [-0.4, -0.2) is 30.2 Å². The van der Waals surface area contributed by atoms with Crippen LogP contribution in [0.25, 0.3) is 0 Å². The molecule has 0 radical (unpaired) electrons. The molecule has 5 heteroatoms. The van der Waals surface area contributed by atoms with Crippen molar-refractivity contribution in [2.24, 2.45) is 23.7 Å². The molecule has 2 N–H and O–H groups in total. The summed E-state index contributed by atoms with van der Waals surface area (Å²) in [6.45, 7) is 5.80.